The number of carbonyl (C=O) groups is 2. The number of nitrogens with one attached hydrogen (secondary N) is 4. The van der Waals surface area contributed by atoms with Gasteiger partial charge in [-0.1, -0.05) is 23.7 Å². The first-order valence-corrected chi connectivity index (χ1v) is 14.0. The Labute approximate surface area is 251 Å². The number of aromatic amines is 1. The summed E-state index contributed by atoms with van der Waals surface area (Å²) in [5.74, 6) is -0.0348. The second-order valence-electron chi connectivity index (χ2n) is 10.0. The largest absolute Gasteiger partial charge is 0.453 e. The number of nitrogens with zero attached hydrogens (tertiary/aromatic N) is 5. The summed E-state index contributed by atoms with van der Waals surface area (Å²) >= 11 is 6.22. The quantitative estimate of drug-likeness (QED) is 0.209. The highest BCUT2D eigenvalue weighted by Crippen LogP contribution is 2.27. The van der Waals surface area contributed by atoms with Gasteiger partial charge in [-0.05, 0) is 96.7 Å². The predicted octanol–water partition coefficient (Wildman–Crippen LogP) is 3.50. The van der Waals surface area contributed by atoms with E-state index in [1.165, 1.54) is 24.2 Å². The minimum absolute atomic E-state index is 0.309. The van der Waals surface area contributed by atoms with E-state index in [1.807, 2.05) is 0 Å². The van der Waals surface area contributed by atoms with Crippen molar-refractivity contribution in [3.63, 3.8) is 0 Å². The van der Waals surface area contributed by atoms with Crippen molar-refractivity contribution in [1.29, 1.82) is 0 Å². The van der Waals surface area contributed by atoms with Crippen LogP contribution in [0.3, 0.4) is 0 Å². The van der Waals surface area contributed by atoms with Crippen LogP contribution in [0.2, 0.25) is 5.02 Å². The average molecular weight is 604 g/mol. The molecule has 4 aromatic rings. The van der Waals surface area contributed by atoms with Gasteiger partial charge in [0.05, 0.1) is 30.1 Å². The molecule has 222 valence electrons. The van der Waals surface area contributed by atoms with Gasteiger partial charge in [-0.25, -0.2) is 9.89 Å². The molecule has 0 spiro atoms. The number of hydrogen-bond acceptors (Lipinski definition) is 9. The molecule has 13 nitrogen and oxygen atoms in total. The molecule has 43 heavy (non-hydrogen) atoms. The molecule has 1 saturated heterocycles. The number of piperidine rings is 1. The first-order chi connectivity index (χ1) is 20.9. The maximum absolute atomic E-state index is 13.3. The van der Waals surface area contributed by atoms with Gasteiger partial charge in [-0.15, -0.1) is 5.10 Å². The Morgan fingerprint density at radius 2 is 2.05 bits per heavy atom. The third-order valence-electron chi connectivity index (χ3n) is 7.09. The van der Waals surface area contributed by atoms with Gasteiger partial charge in [0.1, 0.15) is 6.33 Å². The zero-order valence-electron chi connectivity index (χ0n) is 23.3. The molecule has 0 saturated carbocycles. The fourth-order valence-electron chi connectivity index (χ4n) is 4.95. The molecular weight excluding hydrogens is 574 g/mol. The third kappa shape index (κ3) is 7.70. The van der Waals surface area contributed by atoms with E-state index in [4.69, 9.17) is 11.6 Å². The Hall–Kier alpha value is -4.88. The Kier molecular flexibility index (Phi) is 9.54. The number of benzene rings is 2. The number of H-pyrrole nitrogens is 1. The summed E-state index contributed by atoms with van der Waals surface area (Å²) in [5.41, 5.74) is 2.98. The second-order valence-corrected chi connectivity index (χ2v) is 10.5. The van der Waals surface area contributed by atoms with E-state index < -0.39 is 12.1 Å². The average Bonchev–Trinajstić information content (AvgIpc) is 3.56. The number of carbonyl (C=O) groups excluding carboxylic acids is 2. The molecule has 0 radical (unpaired) electrons. The standard InChI is InChI=1S/C29H30ClN9O4/c1-43-29(42)33-22-8-4-19(5-9-22)23-15-25(35-36-28(23)41)24(13-18-3-2-12-31-16-18)34-27(40)11-6-20-14-21(30)7-10-26(20)39-17-32-37-38-39/h4-11,14-15,17-18,24,31H,2-3,12-13,16H2,1H3,(H,33,42)(H,34,40)(H,36,41)/b11-6+/t18?,24-/m0/s1. The second kappa shape index (κ2) is 13.9. The van der Waals surface area contributed by atoms with Crippen LogP contribution in [0, 0.1) is 5.92 Å². The van der Waals surface area contributed by atoms with Crippen LogP contribution in [-0.2, 0) is 9.53 Å². The van der Waals surface area contributed by atoms with E-state index >= 15 is 0 Å². The zero-order chi connectivity index (χ0) is 30.2. The highest BCUT2D eigenvalue weighted by Gasteiger charge is 2.23. The highest BCUT2D eigenvalue weighted by molar-refractivity contribution is 6.30. The van der Waals surface area contributed by atoms with Crippen molar-refractivity contribution < 1.29 is 14.3 Å². The third-order valence-corrected chi connectivity index (χ3v) is 7.33. The molecule has 4 N–H and O–H groups in total. The monoisotopic (exact) mass is 603 g/mol. The summed E-state index contributed by atoms with van der Waals surface area (Å²) in [5, 5.41) is 27.8. The van der Waals surface area contributed by atoms with Gasteiger partial charge in [-0.2, -0.15) is 9.78 Å². The summed E-state index contributed by atoms with van der Waals surface area (Å²) in [4.78, 5) is 37.6. The van der Waals surface area contributed by atoms with Crippen LogP contribution in [0.5, 0.6) is 0 Å². The van der Waals surface area contributed by atoms with Crippen molar-refractivity contribution in [2.24, 2.45) is 5.92 Å². The van der Waals surface area contributed by atoms with Crippen LogP contribution >= 0.6 is 11.6 Å². The van der Waals surface area contributed by atoms with Gasteiger partial charge < -0.3 is 15.4 Å². The first kappa shape index (κ1) is 29.6. The molecule has 2 aromatic heterocycles. The molecule has 1 unspecified atom stereocenters. The summed E-state index contributed by atoms with van der Waals surface area (Å²) in [7, 11) is 1.28. The molecule has 1 fully saturated rings. The lowest BCUT2D eigenvalue weighted by Gasteiger charge is -2.27. The molecule has 2 atom stereocenters. The van der Waals surface area contributed by atoms with Gasteiger partial charge in [-0.3, -0.25) is 14.9 Å². The minimum atomic E-state index is -0.594. The number of halogens is 1. The number of tetrazole rings is 1. The maximum atomic E-state index is 13.3. The van der Waals surface area contributed by atoms with Crippen molar-refractivity contribution in [1.82, 2.24) is 41.0 Å². The summed E-state index contributed by atoms with van der Waals surface area (Å²) in [6.45, 7) is 1.78. The lowest BCUT2D eigenvalue weighted by atomic mass is 9.90. The molecule has 5 rings (SSSR count). The Morgan fingerprint density at radius 1 is 1.21 bits per heavy atom. The van der Waals surface area contributed by atoms with Gasteiger partial charge in [0.25, 0.3) is 5.56 Å². The molecule has 3 heterocycles. The number of aromatic nitrogens is 6. The van der Waals surface area contributed by atoms with E-state index in [-0.39, 0.29) is 11.5 Å². The van der Waals surface area contributed by atoms with Crippen LogP contribution in [0.25, 0.3) is 22.9 Å². The Balaban J connectivity index is 1.40. The van der Waals surface area contributed by atoms with E-state index in [0.717, 1.165) is 25.9 Å². The van der Waals surface area contributed by atoms with E-state index in [0.29, 0.717) is 51.1 Å². The SMILES string of the molecule is COC(=O)Nc1ccc(-c2cc([C@H](CC3CCCNC3)NC(=O)/C=C/c3cc(Cl)ccc3-n3cnnn3)n[nH]c2=O)cc1. The zero-order valence-corrected chi connectivity index (χ0v) is 24.0. The normalized spacial score (nSPS) is 15.6. The predicted molar refractivity (Wildman–Crippen MR) is 161 cm³/mol. The van der Waals surface area contributed by atoms with E-state index in [9.17, 15) is 14.4 Å². The van der Waals surface area contributed by atoms with Crippen LogP contribution in [0.1, 0.15) is 36.6 Å². The van der Waals surface area contributed by atoms with Crippen molar-refractivity contribution in [3.8, 4) is 16.8 Å². The van der Waals surface area contributed by atoms with Crippen molar-refractivity contribution in [2.75, 3.05) is 25.5 Å². The first-order valence-electron chi connectivity index (χ1n) is 13.7. The van der Waals surface area contributed by atoms with Crippen LogP contribution in [0.4, 0.5) is 10.5 Å². The minimum Gasteiger partial charge on any atom is -0.453 e. The molecule has 0 bridgehead atoms. The lowest BCUT2D eigenvalue weighted by Crippen LogP contribution is -2.35. The fourth-order valence-corrected chi connectivity index (χ4v) is 5.13. The van der Waals surface area contributed by atoms with Crippen molar-refractivity contribution >= 4 is 35.4 Å². The molecule has 1 aliphatic rings. The number of amides is 2. The molecule has 1 aliphatic heterocycles. The van der Waals surface area contributed by atoms with Gasteiger partial charge in [0.15, 0.2) is 0 Å². The topological polar surface area (TPSA) is 169 Å². The number of rotatable bonds is 9. The fraction of sp³-hybridized carbons (Fsp3) is 0.276. The van der Waals surface area contributed by atoms with Gasteiger partial charge in [0, 0.05) is 22.3 Å². The Bertz CT molecular complexity index is 1650. The molecular formula is C29H30ClN9O4. The van der Waals surface area contributed by atoms with Gasteiger partial charge >= 0.3 is 6.09 Å². The van der Waals surface area contributed by atoms with Crippen molar-refractivity contribution in [2.45, 2.75) is 25.3 Å². The smallest absolute Gasteiger partial charge is 0.411 e. The molecule has 2 aromatic carbocycles. The van der Waals surface area contributed by atoms with Crippen LogP contribution in [-0.4, -0.2) is 62.6 Å². The highest BCUT2D eigenvalue weighted by atomic mass is 35.5. The van der Waals surface area contributed by atoms with Crippen LogP contribution < -0.4 is 21.5 Å². The number of methoxy groups -OCH3 is 1. The van der Waals surface area contributed by atoms with E-state index in [1.54, 1.807) is 54.6 Å². The van der Waals surface area contributed by atoms with Gasteiger partial charge in [0.2, 0.25) is 5.91 Å². The molecule has 2 amide bonds. The maximum Gasteiger partial charge on any atom is 0.411 e. The van der Waals surface area contributed by atoms with Crippen molar-refractivity contribution in [3.05, 3.63) is 87.6 Å². The van der Waals surface area contributed by atoms with Crippen LogP contribution in [0.15, 0.2) is 65.7 Å². The molecule has 0 aliphatic carbocycles. The number of ether oxygens (including phenoxy) is 1. The van der Waals surface area contributed by atoms with E-state index in [2.05, 4.69) is 46.4 Å². The summed E-state index contributed by atoms with van der Waals surface area (Å²) < 4.78 is 6.11. The summed E-state index contributed by atoms with van der Waals surface area (Å²) in [6, 6.07) is 13.2. The molecule has 14 heteroatoms. The number of hydrogen-bond donors (Lipinski definition) is 4. The lowest BCUT2D eigenvalue weighted by molar-refractivity contribution is -0.117. The summed E-state index contributed by atoms with van der Waals surface area (Å²) in [6.07, 6.45) is 6.60. The number of anilines is 1. The Morgan fingerprint density at radius 3 is 2.77 bits per heavy atom.